The van der Waals surface area contributed by atoms with Gasteiger partial charge in [0.2, 0.25) is 17.6 Å². The Morgan fingerprint density at radius 1 is 1.14 bits per heavy atom. The third kappa shape index (κ3) is 5.91. The summed E-state index contributed by atoms with van der Waals surface area (Å²) in [6.07, 6.45) is 0.978. The first kappa shape index (κ1) is 20.6. The molecule has 1 aromatic heterocycles. The lowest BCUT2D eigenvalue weighted by molar-refractivity contribution is -0.123. The highest BCUT2D eigenvalue weighted by molar-refractivity contribution is 5.77. The van der Waals surface area contributed by atoms with Gasteiger partial charge in [0.05, 0.1) is 7.11 Å². The second-order valence-corrected chi connectivity index (χ2v) is 8.24. The van der Waals surface area contributed by atoms with Crippen LogP contribution >= 0.6 is 0 Å². The van der Waals surface area contributed by atoms with E-state index in [1.807, 2.05) is 75.4 Å². The van der Waals surface area contributed by atoms with Crippen LogP contribution in [0.3, 0.4) is 0 Å². The van der Waals surface area contributed by atoms with Crippen molar-refractivity contribution in [3.8, 4) is 17.1 Å². The first-order valence-corrected chi connectivity index (χ1v) is 9.65. The molecule has 0 aliphatic rings. The third-order valence-electron chi connectivity index (χ3n) is 4.38. The zero-order chi connectivity index (χ0) is 20.9. The Balaban J connectivity index is 1.85. The molecule has 0 saturated carbocycles. The Hall–Kier alpha value is -3.15. The number of carbonyl (C=O) groups excluding carboxylic acids is 1. The molecule has 0 fully saturated rings. The van der Waals surface area contributed by atoms with Crippen LogP contribution in [0.2, 0.25) is 0 Å². The minimum Gasteiger partial charge on any atom is -0.497 e. The maximum absolute atomic E-state index is 12.6. The number of carbonyl (C=O) groups is 1. The molecule has 0 bridgehead atoms. The first-order chi connectivity index (χ1) is 13.8. The van der Waals surface area contributed by atoms with Gasteiger partial charge in [-0.05, 0) is 23.1 Å². The van der Waals surface area contributed by atoms with E-state index in [1.165, 1.54) is 0 Å². The first-order valence-electron chi connectivity index (χ1n) is 9.65. The number of rotatable bonds is 7. The van der Waals surface area contributed by atoms with Crippen LogP contribution in [-0.2, 0) is 11.2 Å². The SMILES string of the molecule is COc1cccc(-c2noc([C@@H](Cc3ccccc3)NC(=O)CC(C)(C)C)n2)c1. The summed E-state index contributed by atoms with van der Waals surface area (Å²) in [5.41, 5.74) is 1.76. The summed E-state index contributed by atoms with van der Waals surface area (Å²) in [4.78, 5) is 17.1. The van der Waals surface area contributed by atoms with Crippen molar-refractivity contribution in [3.05, 3.63) is 66.1 Å². The zero-order valence-corrected chi connectivity index (χ0v) is 17.3. The Labute approximate surface area is 171 Å². The van der Waals surface area contributed by atoms with Crippen LogP contribution in [0.5, 0.6) is 5.75 Å². The maximum atomic E-state index is 12.6. The maximum Gasteiger partial charge on any atom is 0.249 e. The van der Waals surface area contributed by atoms with E-state index < -0.39 is 6.04 Å². The number of nitrogens with zero attached hydrogens (tertiary/aromatic N) is 2. The van der Waals surface area contributed by atoms with Crippen LogP contribution in [0, 0.1) is 5.41 Å². The molecule has 0 spiro atoms. The second-order valence-electron chi connectivity index (χ2n) is 8.24. The van der Waals surface area contributed by atoms with Crippen molar-refractivity contribution < 1.29 is 14.1 Å². The number of amides is 1. The average molecular weight is 393 g/mol. The van der Waals surface area contributed by atoms with E-state index in [0.29, 0.717) is 30.3 Å². The van der Waals surface area contributed by atoms with Crippen LogP contribution in [0.4, 0.5) is 0 Å². The molecule has 0 unspecified atom stereocenters. The molecule has 3 rings (SSSR count). The highest BCUT2D eigenvalue weighted by atomic mass is 16.5. The van der Waals surface area contributed by atoms with Gasteiger partial charge in [0.15, 0.2) is 0 Å². The van der Waals surface area contributed by atoms with Crippen molar-refractivity contribution in [1.29, 1.82) is 0 Å². The van der Waals surface area contributed by atoms with E-state index in [9.17, 15) is 4.79 Å². The van der Waals surface area contributed by atoms with Gasteiger partial charge in [-0.1, -0.05) is 68.4 Å². The van der Waals surface area contributed by atoms with Crippen LogP contribution in [-0.4, -0.2) is 23.2 Å². The standard InChI is InChI=1S/C23H27N3O3/c1-23(2,3)15-20(27)24-19(13-16-9-6-5-7-10-16)22-25-21(26-29-22)17-11-8-12-18(14-17)28-4/h5-12,14,19H,13,15H2,1-4H3,(H,24,27)/t19-/m1/s1. The molecule has 29 heavy (non-hydrogen) atoms. The van der Waals surface area contributed by atoms with Crippen molar-refractivity contribution in [2.24, 2.45) is 5.41 Å². The van der Waals surface area contributed by atoms with E-state index in [4.69, 9.17) is 9.26 Å². The topological polar surface area (TPSA) is 77.3 Å². The molecular formula is C23H27N3O3. The molecule has 1 N–H and O–H groups in total. The molecule has 1 amide bonds. The van der Waals surface area contributed by atoms with E-state index in [0.717, 1.165) is 11.1 Å². The van der Waals surface area contributed by atoms with E-state index in [1.54, 1.807) is 7.11 Å². The number of aromatic nitrogens is 2. The molecule has 0 aliphatic heterocycles. The molecule has 6 nitrogen and oxygen atoms in total. The quantitative estimate of drug-likeness (QED) is 0.636. The van der Waals surface area contributed by atoms with Gasteiger partial charge in [-0.2, -0.15) is 4.98 Å². The molecule has 2 aromatic carbocycles. The van der Waals surface area contributed by atoms with Crippen molar-refractivity contribution in [2.75, 3.05) is 7.11 Å². The van der Waals surface area contributed by atoms with Gasteiger partial charge in [-0.15, -0.1) is 0 Å². The van der Waals surface area contributed by atoms with Gasteiger partial charge in [-0.25, -0.2) is 0 Å². The Morgan fingerprint density at radius 3 is 2.59 bits per heavy atom. The lowest BCUT2D eigenvalue weighted by atomic mass is 9.91. The van der Waals surface area contributed by atoms with Crippen LogP contribution in [0.25, 0.3) is 11.4 Å². The summed E-state index contributed by atoms with van der Waals surface area (Å²) in [5.74, 6) is 1.52. The van der Waals surface area contributed by atoms with Crippen LogP contribution in [0.1, 0.15) is 44.7 Å². The lowest BCUT2D eigenvalue weighted by Crippen LogP contribution is -2.32. The molecule has 1 heterocycles. The highest BCUT2D eigenvalue weighted by Crippen LogP contribution is 2.25. The largest absolute Gasteiger partial charge is 0.497 e. The van der Waals surface area contributed by atoms with Crippen molar-refractivity contribution in [1.82, 2.24) is 15.5 Å². The summed E-state index contributed by atoms with van der Waals surface area (Å²) < 4.78 is 10.8. The molecule has 0 saturated heterocycles. The smallest absolute Gasteiger partial charge is 0.249 e. The monoisotopic (exact) mass is 393 g/mol. The fraction of sp³-hybridized carbons (Fsp3) is 0.348. The third-order valence-corrected chi connectivity index (χ3v) is 4.38. The van der Waals surface area contributed by atoms with E-state index in [-0.39, 0.29) is 11.3 Å². The minimum atomic E-state index is -0.404. The summed E-state index contributed by atoms with van der Waals surface area (Å²) in [5, 5.41) is 7.18. The number of hydrogen-bond donors (Lipinski definition) is 1. The fourth-order valence-electron chi connectivity index (χ4n) is 3.03. The molecule has 1 atom stereocenters. The summed E-state index contributed by atoms with van der Waals surface area (Å²) >= 11 is 0. The van der Waals surface area contributed by atoms with Crippen molar-refractivity contribution in [3.63, 3.8) is 0 Å². The number of benzene rings is 2. The minimum absolute atomic E-state index is 0.0421. The molecule has 3 aromatic rings. The van der Waals surface area contributed by atoms with Crippen molar-refractivity contribution >= 4 is 5.91 Å². The van der Waals surface area contributed by atoms with E-state index >= 15 is 0 Å². The molecular weight excluding hydrogens is 366 g/mol. The molecule has 6 heteroatoms. The Kier molecular flexibility index (Phi) is 6.32. The Morgan fingerprint density at radius 2 is 1.90 bits per heavy atom. The van der Waals surface area contributed by atoms with Crippen LogP contribution in [0.15, 0.2) is 59.1 Å². The summed E-state index contributed by atoms with van der Waals surface area (Å²) in [7, 11) is 1.61. The van der Waals surface area contributed by atoms with Gasteiger partial charge >= 0.3 is 0 Å². The fourth-order valence-corrected chi connectivity index (χ4v) is 3.03. The Bertz CT molecular complexity index is 945. The molecule has 0 radical (unpaired) electrons. The number of methoxy groups -OCH3 is 1. The van der Waals surface area contributed by atoms with Gasteiger partial charge in [0.25, 0.3) is 0 Å². The lowest BCUT2D eigenvalue weighted by Gasteiger charge is -2.20. The second kappa shape index (κ2) is 8.90. The number of hydrogen-bond acceptors (Lipinski definition) is 5. The predicted molar refractivity (Wildman–Crippen MR) is 111 cm³/mol. The highest BCUT2D eigenvalue weighted by Gasteiger charge is 2.24. The van der Waals surface area contributed by atoms with Gasteiger partial charge in [-0.3, -0.25) is 4.79 Å². The zero-order valence-electron chi connectivity index (χ0n) is 17.3. The van der Waals surface area contributed by atoms with Crippen molar-refractivity contribution in [2.45, 2.75) is 39.7 Å². The summed E-state index contributed by atoms with van der Waals surface area (Å²) in [6.45, 7) is 6.10. The number of ether oxygens (including phenoxy) is 1. The predicted octanol–water partition coefficient (Wildman–Crippen LogP) is 4.58. The van der Waals surface area contributed by atoms with Gasteiger partial charge in [0, 0.05) is 18.4 Å². The number of nitrogens with one attached hydrogen (secondary N) is 1. The molecule has 0 aliphatic carbocycles. The molecule has 152 valence electrons. The van der Waals surface area contributed by atoms with Gasteiger partial charge < -0.3 is 14.6 Å². The van der Waals surface area contributed by atoms with Gasteiger partial charge in [0.1, 0.15) is 11.8 Å². The van der Waals surface area contributed by atoms with E-state index in [2.05, 4.69) is 15.5 Å². The summed E-state index contributed by atoms with van der Waals surface area (Å²) in [6, 6.07) is 17.0. The van der Waals surface area contributed by atoms with Crippen LogP contribution < -0.4 is 10.1 Å². The average Bonchev–Trinajstić information content (AvgIpc) is 3.17. The normalized spacial score (nSPS) is 12.4.